The molecule has 0 atom stereocenters. The third kappa shape index (κ3) is 5.37. The monoisotopic (exact) mass is 326 g/mol. The van der Waals surface area contributed by atoms with Crippen molar-refractivity contribution in [3.05, 3.63) is 59.7 Å². The summed E-state index contributed by atoms with van der Waals surface area (Å²) in [6.45, 7) is -5.45. The minimum Gasteiger partial charge on any atom is -0.489 e. The molecule has 0 saturated heterocycles. The van der Waals surface area contributed by atoms with Crippen molar-refractivity contribution < 1.29 is 77.8 Å². The van der Waals surface area contributed by atoms with Gasteiger partial charge in [-0.1, -0.05) is 23.7 Å². The quantitative estimate of drug-likeness (QED) is 0.591. The predicted octanol–water partition coefficient (Wildman–Crippen LogP) is 0.602. The Balaban J connectivity index is 0.00000220. The Kier molecular flexibility index (Phi) is 6.86. The fourth-order valence-corrected chi connectivity index (χ4v) is 1.66. The number of hydrogen-bond acceptors (Lipinski definition) is 1. The third-order valence-corrected chi connectivity index (χ3v) is 2.62. The van der Waals surface area contributed by atoms with E-state index in [0.717, 1.165) is 6.07 Å². The smallest absolute Gasteiger partial charge is 0.489 e. The molecule has 0 spiro atoms. The third-order valence-electron chi connectivity index (χ3n) is 2.62. The summed E-state index contributed by atoms with van der Waals surface area (Å²) in [6.07, 6.45) is 0. The van der Waals surface area contributed by atoms with Gasteiger partial charge in [-0.05, 0) is 23.8 Å². The first-order chi connectivity index (χ1) is 9.36. The number of benzene rings is 2. The number of hydrogen-bond donors (Lipinski definition) is 0. The summed E-state index contributed by atoms with van der Waals surface area (Å²) >= 11 is 0. The fourth-order valence-electron chi connectivity index (χ4n) is 1.66. The molecule has 0 fully saturated rings. The van der Waals surface area contributed by atoms with E-state index in [1.54, 1.807) is 6.07 Å². The van der Waals surface area contributed by atoms with Crippen molar-refractivity contribution >= 4 is 12.4 Å². The number of halogens is 5. The van der Waals surface area contributed by atoms with Gasteiger partial charge in [0.1, 0.15) is 18.2 Å². The van der Waals surface area contributed by atoms with Gasteiger partial charge < -0.3 is 17.7 Å². The van der Waals surface area contributed by atoms with Gasteiger partial charge in [-0.3, -0.25) is 0 Å². The molecule has 8 heteroatoms. The molecule has 2 aromatic carbocycles. The Bertz CT molecular complexity index is 618. The molecule has 2 aromatic rings. The maximum absolute atomic E-state index is 13.3. The Morgan fingerprint density at radius 1 is 0.952 bits per heavy atom. The molecule has 0 heterocycles. The predicted molar refractivity (Wildman–Crippen MR) is 65.8 cm³/mol. The molecular weight excluding hydrogens is 317 g/mol. The van der Waals surface area contributed by atoms with Gasteiger partial charge in [-0.25, -0.2) is 8.78 Å². The van der Waals surface area contributed by atoms with Crippen LogP contribution in [0.4, 0.5) is 21.7 Å². The second-order valence-electron chi connectivity index (χ2n) is 4.18. The molecule has 0 saturated carbocycles. The average Bonchev–Trinajstić information content (AvgIpc) is 2.35. The van der Waals surface area contributed by atoms with Crippen LogP contribution in [0, 0.1) is 11.6 Å². The van der Waals surface area contributed by atoms with Gasteiger partial charge >= 0.3 is 58.4 Å². The van der Waals surface area contributed by atoms with Crippen molar-refractivity contribution in [3.8, 4) is 5.75 Å². The molecule has 0 unspecified atom stereocenters. The molecule has 2 rings (SSSR count). The van der Waals surface area contributed by atoms with Gasteiger partial charge in [0.25, 0.3) is 0 Å². The first-order valence-electron chi connectivity index (χ1n) is 5.73. The van der Waals surface area contributed by atoms with E-state index in [2.05, 4.69) is 0 Å². The molecule has 0 radical (unpaired) electrons. The summed E-state index contributed by atoms with van der Waals surface area (Å²) in [5, 5.41) is 0. The van der Waals surface area contributed by atoms with Crippen LogP contribution in [0.2, 0.25) is 0 Å². The molecule has 0 aliphatic carbocycles. The van der Waals surface area contributed by atoms with Crippen LogP contribution in [0.15, 0.2) is 42.5 Å². The van der Waals surface area contributed by atoms with Crippen LogP contribution in [-0.2, 0) is 6.61 Å². The zero-order valence-corrected chi connectivity index (χ0v) is 14.2. The SMILES string of the molecule is Fc1cccc(COc2ccc([B-](F)(F)F)c(F)c2)c1.[K+]. The summed E-state index contributed by atoms with van der Waals surface area (Å²) in [7, 11) is 0. The first-order valence-corrected chi connectivity index (χ1v) is 5.73. The largest absolute Gasteiger partial charge is 1.00 e. The van der Waals surface area contributed by atoms with Crippen molar-refractivity contribution in [2.24, 2.45) is 0 Å². The summed E-state index contributed by atoms with van der Waals surface area (Å²) in [6, 6.07) is 7.89. The summed E-state index contributed by atoms with van der Waals surface area (Å²) < 4.78 is 68.6. The zero-order valence-electron chi connectivity index (χ0n) is 11.1. The van der Waals surface area contributed by atoms with Crippen molar-refractivity contribution in [3.63, 3.8) is 0 Å². The van der Waals surface area contributed by atoms with E-state index in [0.29, 0.717) is 17.7 Å². The zero-order chi connectivity index (χ0) is 14.8. The normalized spacial score (nSPS) is 10.9. The molecule has 0 N–H and O–H groups in total. The Morgan fingerprint density at radius 2 is 1.67 bits per heavy atom. The van der Waals surface area contributed by atoms with Crippen LogP contribution >= 0.6 is 0 Å². The summed E-state index contributed by atoms with van der Waals surface area (Å²) in [5.41, 5.74) is -0.794. The van der Waals surface area contributed by atoms with E-state index in [9.17, 15) is 21.7 Å². The molecule has 1 nitrogen and oxygen atoms in total. The Hall–Kier alpha value is -0.409. The first kappa shape index (κ1) is 18.6. The van der Waals surface area contributed by atoms with Gasteiger partial charge in [-0.15, -0.1) is 0 Å². The maximum Gasteiger partial charge on any atom is 1.00 e. The molecule has 0 amide bonds. The maximum atomic E-state index is 13.3. The van der Waals surface area contributed by atoms with Crippen LogP contribution in [-0.4, -0.2) is 6.98 Å². The van der Waals surface area contributed by atoms with Crippen molar-refractivity contribution in [1.82, 2.24) is 0 Å². The molecule has 21 heavy (non-hydrogen) atoms. The molecule has 0 aromatic heterocycles. The van der Waals surface area contributed by atoms with Crippen LogP contribution in [0.3, 0.4) is 0 Å². The molecule has 0 bridgehead atoms. The summed E-state index contributed by atoms with van der Waals surface area (Å²) in [4.78, 5) is 0. The average molecular weight is 326 g/mol. The van der Waals surface area contributed by atoms with Crippen LogP contribution in [0.5, 0.6) is 5.75 Å². The molecular formula is C13H9BF5KO. The molecule has 0 aliphatic rings. The van der Waals surface area contributed by atoms with E-state index in [1.807, 2.05) is 0 Å². The summed E-state index contributed by atoms with van der Waals surface area (Å²) in [5.74, 6) is -1.88. The van der Waals surface area contributed by atoms with Gasteiger partial charge in [0, 0.05) is 6.07 Å². The van der Waals surface area contributed by atoms with Gasteiger partial charge in [0.2, 0.25) is 0 Å². The minimum atomic E-state index is -5.39. The minimum absolute atomic E-state index is 0. The van der Waals surface area contributed by atoms with Crippen molar-refractivity contribution in [2.45, 2.75) is 6.61 Å². The van der Waals surface area contributed by atoms with Crippen LogP contribution < -0.4 is 61.6 Å². The number of rotatable bonds is 4. The Labute approximate surface area is 161 Å². The second kappa shape index (κ2) is 7.73. The molecule has 106 valence electrons. The Morgan fingerprint density at radius 3 is 2.24 bits per heavy atom. The van der Waals surface area contributed by atoms with Crippen LogP contribution in [0.25, 0.3) is 0 Å². The second-order valence-corrected chi connectivity index (χ2v) is 4.18. The van der Waals surface area contributed by atoms with Gasteiger partial charge in [0.15, 0.2) is 0 Å². The van der Waals surface area contributed by atoms with Crippen molar-refractivity contribution in [1.29, 1.82) is 0 Å². The van der Waals surface area contributed by atoms with E-state index in [4.69, 9.17) is 4.74 Å². The standard InChI is InChI=1S/C13H9BF5O.K/c15-10-3-1-2-9(6-10)8-20-11-4-5-12(13(16)7-11)14(17,18)19;/h1-7H,8H2;/q-1;+1. The van der Waals surface area contributed by atoms with Gasteiger partial charge in [0.05, 0.1) is 5.82 Å². The topological polar surface area (TPSA) is 9.23 Å². The number of ether oxygens (including phenoxy) is 1. The van der Waals surface area contributed by atoms with E-state index in [1.165, 1.54) is 18.2 Å². The van der Waals surface area contributed by atoms with E-state index in [-0.39, 0.29) is 63.7 Å². The van der Waals surface area contributed by atoms with Crippen LogP contribution in [0.1, 0.15) is 5.56 Å². The van der Waals surface area contributed by atoms with E-state index >= 15 is 0 Å². The fraction of sp³-hybridized carbons (Fsp3) is 0.0769. The van der Waals surface area contributed by atoms with Crippen molar-refractivity contribution in [2.75, 3.05) is 0 Å². The van der Waals surface area contributed by atoms with E-state index < -0.39 is 24.1 Å². The van der Waals surface area contributed by atoms with Gasteiger partial charge in [-0.2, -0.15) is 0 Å². The molecule has 0 aliphatic heterocycles.